The lowest BCUT2D eigenvalue weighted by molar-refractivity contribution is 0.835. The molecule has 1 aliphatic heterocycles. The van der Waals surface area contributed by atoms with Gasteiger partial charge in [0, 0.05) is 28.6 Å². The summed E-state index contributed by atoms with van der Waals surface area (Å²) < 4.78 is 2.00. The lowest BCUT2D eigenvalue weighted by Gasteiger charge is -2.10. The van der Waals surface area contributed by atoms with Crippen molar-refractivity contribution >= 4 is 29.0 Å². The number of aryl methyl sites for hydroxylation is 1. The predicted molar refractivity (Wildman–Crippen MR) is 99.8 cm³/mol. The van der Waals surface area contributed by atoms with E-state index in [9.17, 15) is 0 Å². The van der Waals surface area contributed by atoms with Crippen LogP contribution in [0.5, 0.6) is 0 Å². The second-order valence-corrected chi connectivity index (χ2v) is 6.91. The highest BCUT2D eigenvalue weighted by Gasteiger charge is 2.24. The maximum absolute atomic E-state index is 6.33. The minimum Gasteiger partial charge on any atom is -0.369 e. The predicted octanol–water partition coefficient (Wildman–Crippen LogP) is 5.05. The minimum atomic E-state index is 0.739. The fourth-order valence-corrected chi connectivity index (χ4v) is 3.67. The standard InChI is InChI=1S/C19H17Cl2N3/c1-12-10-14(20)6-7-18(12)24-19-15(8-9-22-19)17(23-24)11-13-4-2-3-5-16(13)21/h2-7,10,22H,8-9,11H2,1H3. The molecule has 3 nitrogen and oxygen atoms in total. The fourth-order valence-electron chi connectivity index (χ4n) is 3.24. The molecule has 0 saturated heterocycles. The molecule has 2 heterocycles. The van der Waals surface area contributed by atoms with Crippen LogP contribution in [0.25, 0.3) is 5.69 Å². The summed E-state index contributed by atoms with van der Waals surface area (Å²) >= 11 is 12.4. The molecule has 122 valence electrons. The zero-order valence-electron chi connectivity index (χ0n) is 13.3. The Morgan fingerprint density at radius 3 is 2.79 bits per heavy atom. The average molecular weight is 358 g/mol. The number of aromatic nitrogens is 2. The first-order valence-electron chi connectivity index (χ1n) is 7.98. The SMILES string of the molecule is Cc1cc(Cl)ccc1-n1nc(Cc2ccccc2Cl)c2c1NCC2. The van der Waals surface area contributed by atoms with E-state index in [2.05, 4.69) is 18.3 Å². The number of fused-ring (bicyclic) bond motifs is 1. The Kier molecular flexibility index (Phi) is 3.99. The van der Waals surface area contributed by atoms with Gasteiger partial charge in [0.15, 0.2) is 0 Å². The van der Waals surface area contributed by atoms with Gasteiger partial charge in [-0.3, -0.25) is 0 Å². The van der Waals surface area contributed by atoms with Crippen LogP contribution in [0.1, 0.15) is 22.4 Å². The molecule has 0 fully saturated rings. The van der Waals surface area contributed by atoms with Crippen molar-refractivity contribution in [2.45, 2.75) is 19.8 Å². The van der Waals surface area contributed by atoms with Crippen molar-refractivity contribution in [1.82, 2.24) is 9.78 Å². The number of nitrogens with zero attached hydrogens (tertiary/aromatic N) is 2. The maximum atomic E-state index is 6.33. The van der Waals surface area contributed by atoms with Gasteiger partial charge in [-0.25, -0.2) is 4.68 Å². The van der Waals surface area contributed by atoms with Crippen molar-refractivity contribution in [1.29, 1.82) is 0 Å². The molecule has 0 bridgehead atoms. The van der Waals surface area contributed by atoms with Gasteiger partial charge in [-0.05, 0) is 48.7 Å². The summed E-state index contributed by atoms with van der Waals surface area (Å²) in [5, 5.41) is 9.87. The molecule has 0 spiro atoms. The number of hydrogen-bond acceptors (Lipinski definition) is 2. The molecule has 24 heavy (non-hydrogen) atoms. The Morgan fingerprint density at radius 1 is 1.17 bits per heavy atom. The van der Waals surface area contributed by atoms with Gasteiger partial charge in [-0.15, -0.1) is 0 Å². The number of anilines is 1. The van der Waals surface area contributed by atoms with E-state index in [4.69, 9.17) is 28.3 Å². The highest BCUT2D eigenvalue weighted by atomic mass is 35.5. The van der Waals surface area contributed by atoms with E-state index in [-0.39, 0.29) is 0 Å². The van der Waals surface area contributed by atoms with E-state index >= 15 is 0 Å². The summed E-state index contributed by atoms with van der Waals surface area (Å²) in [7, 11) is 0. The van der Waals surface area contributed by atoms with Crippen molar-refractivity contribution in [3.05, 3.63) is 74.9 Å². The largest absolute Gasteiger partial charge is 0.369 e. The smallest absolute Gasteiger partial charge is 0.133 e. The molecule has 0 amide bonds. The van der Waals surface area contributed by atoms with Crippen molar-refractivity contribution in [3.63, 3.8) is 0 Å². The first kappa shape index (κ1) is 15.6. The monoisotopic (exact) mass is 357 g/mol. The van der Waals surface area contributed by atoms with Gasteiger partial charge in [-0.1, -0.05) is 41.4 Å². The van der Waals surface area contributed by atoms with Crippen LogP contribution in [0, 0.1) is 6.92 Å². The second kappa shape index (κ2) is 6.15. The molecule has 0 saturated carbocycles. The fraction of sp³-hybridized carbons (Fsp3) is 0.211. The topological polar surface area (TPSA) is 29.9 Å². The number of rotatable bonds is 3. The zero-order valence-corrected chi connectivity index (χ0v) is 14.8. The van der Waals surface area contributed by atoms with Crippen LogP contribution >= 0.6 is 23.2 Å². The minimum absolute atomic E-state index is 0.739. The zero-order chi connectivity index (χ0) is 16.7. The molecule has 2 aromatic carbocycles. The first-order chi connectivity index (χ1) is 11.6. The Morgan fingerprint density at radius 2 is 2.00 bits per heavy atom. The quantitative estimate of drug-likeness (QED) is 0.710. The third-order valence-corrected chi connectivity index (χ3v) is 5.04. The Hall–Kier alpha value is -1.97. The van der Waals surface area contributed by atoms with E-state index in [1.807, 2.05) is 41.1 Å². The van der Waals surface area contributed by atoms with Gasteiger partial charge >= 0.3 is 0 Å². The second-order valence-electron chi connectivity index (χ2n) is 6.06. The summed E-state index contributed by atoms with van der Waals surface area (Å²) in [4.78, 5) is 0. The number of nitrogens with one attached hydrogen (secondary N) is 1. The molecular weight excluding hydrogens is 341 g/mol. The molecular formula is C19H17Cl2N3. The van der Waals surface area contributed by atoms with Gasteiger partial charge in [-0.2, -0.15) is 5.10 Å². The average Bonchev–Trinajstić information content (AvgIpc) is 3.14. The number of halogens is 2. The summed E-state index contributed by atoms with van der Waals surface area (Å²) in [5.74, 6) is 1.09. The van der Waals surface area contributed by atoms with Crippen molar-refractivity contribution < 1.29 is 0 Å². The number of benzene rings is 2. The van der Waals surface area contributed by atoms with Gasteiger partial charge in [0.05, 0.1) is 11.4 Å². The highest BCUT2D eigenvalue weighted by molar-refractivity contribution is 6.31. The van der Waals surface area contributed by atoms with Crippen LogP contribution in [0.3, 0.4) is 0 Å². The van der Waals surface area contributed by atoms with Gasteiger partial charge in [0.1, 0.15) is 5.82 Å². The molecule has 4 rings (SSSR count). The molecule has 0 unspecified atom stereocenters. The summed E-state index contributed by atoms with van der Waals surface area (Å²) in [6.07, 6.45) is 1.73. The van der Waals surface area contributed by atoms with Crippen LogP contribution in [-0.2, 0) is 12.8 Å². The molecule has 3 aromatic rings. The molecule has 1 aromatic heterocycles. The van der Waals surface area contributed by atoms with Crippen LogP contribution in [0.2, 0.25) is 10.0 Å². The Labute approximate surface area is 151 Å². The first-order valence-corrected chi connectivity index (χ1v) is 8.73. The van der Waals surface area contributed by atoms with Gasteiger partial charge in [0.2, 0.25) is 0 Å². The van der Waals surface area contributed by atoms with Crippen LogP contribution < -0.4 is 5.32 Å². The lowest BCUT2D eigenvalue weighted by Crippen LogP contribution is -2.06. The van der Waals surface area contributed by atoms with Crippen molar-refractivity contribution in [2.24, 2.45) is 0 Å². The van der Waals surface area contributed by atoms with Crippen molar-refractivity contribution in [3.8, 4) is 5.69 Å². The third kappa shape index (κ3) is 2.68. The molecule has 1 aliphatic rings. The number of hydrogen-bond donors (Lipinski definition) is 1. The maximum Gasteiger partial charge on any atom is 0.133 e. The van der Waals surface area contributed by atoms with E-state index in [0.717, 1.165) is 57.8 Å². The van der Waals surface area contributed by atoms with Crippen LogP contribution in [0.4, 0.5) is 5.82 Å². The molecule has 1 N–H and O–H groups in total. The molecule has 0 radical (unpaired) electrons. The van der Waals surface area contributed by atoms with E-state index in [1.54, 1.807) is 0 Å². The van der Waals surface area contributed by atoms with Crippen LogP contribution in [0.15, 0.2) is 42.5 Å². The third-order valence-electron chi connectivity index (χ3n) is 4.44. The van der Waals surface area contributed by atoms with Gasteiger partial charge < -0.3 is 5.32 Å². The lowest BCUT2D eigenvalue weighted by atomic mass is 10.1. The van der Waals surface area contributed by atoms with E-state index in [0.29, 0.717) is 0 Å². The van der Waals surface area contributed by atoms with Gasteiger partial charge in [0.25, 0.3) is 0 Å². The summed E-state index contributed by atoms with van der Waals surface area (Å²) in [5.41, 5.74) is 5.62. The molecule has 5 heteroatoms. The summed E-state index contributed by atoms with van der Waals surface area (Å²) in [6.45, 7) is 2.99. The van der Waals surface area contributed by atoms with Crippen LogP contribution in [-0.4, -0.2) is 16.3 Å². The van der Waals surface area contributed by atoms with E-state index in [1.165, 1.54) is 5.56 Å². The summed E-state index contributed by atoms with van der Waals surface area (Å²) in [6, 6.07) is 13.8. The van der Waals surface area contributed by atoms with E-state index < -0.39 is 0 Å². The normalized spacial score (nSPS) is 13.0. The Bertz CT molecular complexity index is 915. The van der Waals surface area contributed by atoms with Crippen molar-refractivity contribution in [2.75, 3.05) is 11.9 Å². The molecule has 0 aliphatic carbocycles. The molecule has 0 atom stereocenters. The Balaban J connectivity index is 1.79. The highest BCUT2D eigenvalue weighted by Crippen LogP contribution is 2.32.